The molecule has 0 aliphatic heterocycles. The van der Waals surface area contributed by atoms with Gasteiger partial charge in [-0.1, -0.05) is 12.1 Å². The van der Waals surface area contributed by atoms with E-state index in [2.05, 4.69) is 15.9 Å². The third kappa shape index (κ3) is 3.93. The highest BCUT2D eigenvalue weighted by atomic mass is 79.9. The first-order valence-corrected chi connectivity index (χ1v) is 6.48. The summed E-state index contributed by atoms with van der Waals surface area (Å²) in [7, 11) is 0. The molecule has 2 aromatic rings. The Bertz CT molecular complexity index is 668. The van der Waals surface area contributed by atoms with E-state index in [0.717, 1.165) is 10.5 Å². The van der Waals surface area contributed by atoms with Crippen LogP contribution in [0, 0.1) is 5.82 Å². The fraction of sp³-hybridized carbons (Fsp3) is 0. The fourth-order valence-electron chi connectivity index (χ4n) is 1.56. The minimum atomic E-state index is -1.09. The zero-order valence-corrected chi connectivity index (χ0v) is 11.8. The molecule has 0 bridgehead atoms. The highest BCUT2D eigenvalue weighted by molar-refractivity contribution is 9.10. The lowest BCUT2D eigenvalue weighted by atomic mass is 10.2. The van der Waals surface area contributed by atoms with Crippen LogP contribution >= 0.6 is 15.9 Å². The van der Waals surface area contributed by atoms with Crippen LogP contribution in [0.2, 0.25) is 0 Å². The molecule has 3 nitrogen and oxygen atoms in total. The van der Waals surface area contributed by atoms with E-state index in [0.29, 0.717) is 17.1 Å². The normalized spacial score (nSPS) is 10.7. The number of aliphatic carboxylic acids is 1. The molecule has 5 heteroatoms. The van der Waals surface area contributed by atoms with Gasteiger partial charge in [-0.3, -0.25) is 0 Å². The van der Waals surface area contributed by atoms with Gasteiger partial charge in [0.1, 0.15) is 17.3 Å². The molecule has 2 aromatic carbocycles. The summed E-state index contributed by atoms with van der Waals surface area (Å²) in [6.07, 6.45) is 2.25. The molecular formula is C15H10BrFO3. The lowest BCUT2D eigenvalue weighted by molar-refractivity contribution is -0.131. The van der Waals surface area contributed by atoms with Crippen molar-refractivity contribution in [2.75, 3.05) is 0 Å². The number of hydrogen-bond donors (Lipinski definition) is 1. The Balaban J connectivity index is 2.29. The van der Waals surface area contributed by atoms with Crippen LogP contribution in [0.15, 0.2) is 53.0 Å². The molecule has 0 atom stereocenters. The summed E-state index contributed by atoms with van der Waals surface area (Å²) in [6, 6.07) is 11.2. The van der Waals surface area contributed by atoms with E-state index in [1.54, 1.807) is 24.3 Å². The van der Waals surface area contributed by atoms with E-state index in [1.165, 1.54) is 18.2 Å². The summed E-state index contributed by atoms with van der Waals surface area (Å²) < 4.78 is 19.8. The second kappa shape index (κ2) is 6.34. The zero-order chi connectivity index (χ0) is 14.5. The van der Waals surface area contributed by atoms with Crippen molar-refractivity contribution in [3.8, 4) is 11.5 Å². The van der Waals surface area contributed by atoms with Gasteiger partial charge in [-0.05, 0) is 51.8 Å². The number of halogens is 2. The number of ether oxygens (including phenoxy) is 1. The second-order valence-corrected chi connectivity index (χ2v) is 4.78. The average Bonchev–Trinajstić information content (AvgIpc) is 2.38. The molecular weight excluding hydrogens is 327 g/mol. The molecule has 0 unspecified atom stereocenters. The van der Waals surface area contributed by atoms with Crippen LogP contribution in [0.3, 0.4) is 0 Å². The minimum absolute atomic E-state index is 0.293. The Labute approximate surface area is 123 Å². The van der Waals surface area contributed by atoms with Crippen LogP contribution in [0.5, 0.6) is 11.5 Å². The van der Waals surface area contributed by atoms with Crippen LogP contribution < -0.4 is 4.74 Å². The molecule has 1 N–H and O–H groups in total. The predicted molar refractivity (Wildman–Crippen MR) is 77.3 cm³/mol. The van der Waals surface area contributed by atoms with Gasteiger partial charge in [0.2, 0.25) is 0 Å². The molecule has 0 saturated carbocycles. The smallest absolute Gasteiger partial charge is 0.328 e. The molecule has 20 heavy (non-hydrogen) atoms. The van der Waals surface area contributed by atoms with Crippen LogP contribution in [0.1, 0.15) is 5.56 Å². The summed E-state index contributed by atoms with van der Waals surface area (Å²) >= 11 is 3.33. The number of carboxylic acids is 1. The first-order valence-electron chi connectivity index (χ1n) is 5.68. The quantitative estimate of drug-likeness (QED) is 0.837. The summed E-state index contributed by atoms with van der Waals surface area (Å²) in [4.78, 5) is 10.5. The number of carboxylic acid groups (broad SMARTS) is 1. The van der Waals surface area contributed by atoms with Gasteiger partial charge in [-0.25, -0.2) is 9.18 Å². The molecule has 0 saturated heterocycles. The summed E-state index contributed by atoms with van der Waals surface area (Å²) in [5.41, 5.74) is 0.412. The van der Waals surface area contributed by atoms with Crippen LogP contribution in [-0.4, -0.2) is 11.1 Å². The van der Waals surface area contributed by atoms with Gasteiger partial charge >= 0.3 is 5.97 Å². The predicted octanol–water partition coefficient (Wildman–Crippen LogP) is 4.48. The number of benzene rings is 2. The van der Waals surface area contributed by atoms with E-state index in [4.69, 9.17) is 9.84 Å². The standard InChI is InChI=1S/C15H10BrFO3/c16-13-3-1-2-4-14(13)20-12-8-10(5-6-15(18)19)7-11(17)9-12/h1-9H,(H,18,19)/b6-5+. The van der Waals surface area contributed by atoms with Crippen LogP contribution in [-0.2, 0) is 4.79 Å². The van der Waals surface area contributed by atoms with Crippen molar-refractivity contribution in [2.24, 2.45) is 0 Å². The van der Waals surface area contributed by atoms with E-state index in [-0.39, 0.29) is 0 Å². The monoisotopic (exact) mass is 336 g/mol. The number of para-hydroxylation sites is 1. The second-order valence-electron chi connectivity index (χ2n) is 3.92. The molecule has 102 valence electrons. The van der Waals surface area contributed by atoms with E-state index >= 15 is 0 Å². The highest BCUT2D eigenvalue weighted by Crippen LogP contribution is 2.30. The summed E-state index contributed by atoms with van der Waals surface area (Å²) in [6.45, 7) is 0. The average molecular weight is 337 g/mol. The topological polar surface area (TPSA) is 46.5 Å². The SMILES string of the molecule is O=C(O)/C=C/c1cc(F)cc(Oc2ccccc2Br)c1. The van der Waals surface area contributed by atoms with Crippen molar-refractivity contribution < 1.29 is 19.0 Å². The van der Waals surface area contributed by atoms with Crippen molar-refractivity contribution in [1.29, 1.82) is 0 Å². The maximum absolute atomic E-state index is 13.5. The zero-order valence-electron chi connectivity index (χ0n) is 10.2. The van der Waals surface area contributed by atoms with Crippen molar-refractivity contribution in [1.82, 2.24) is 0 Å². The van der Waals surface area contributed by atoms with Crippen LogP contribution in [0.25, 0.3) is 6.08 Å². The third-order valence-corrected chi connectivity index (χ3v) is 3.03. The van der Waals surface area contributed by atoms with E-state index in [1.807, 2.05) is 6.07 Å². The fourth-order valence-corrected chi connectivity index (χ4v) is 1.93. The summed E-state index contributed by atoms with van der Waals surface area (Å²) in [5.74, 6) is -0.754. The van der Waals surface area contributed by atoms with Gasteiger partial charge in [-0.15, -0.1) is 0 Å². The largest absolute Gasteiger partial charge is 0.478 e. The summed E-state index contributed by atoms with van der Waals surface area (Å²) in [5, 5.41) is 8.57. The molecule has 0 spiro atoms. The molecule has 0 aliphatic carbocycles. The maximum atomic E-state index is 13.5. The Hall–Kier alpha value is -2.14. The number of hydrogen-bond acceptors (Lipinski definition) is 2. The molecule has 0 aromatic heterocycles. The van der Waals surface area contributed by atoms with Gasteiger partial charge in [0.05, 0.1) is 4.47 Å². The maximum Gasteiger partial charge on any atom is 0.328 e. The highest BCUT2D eigenvalue weighted by Gasteiger charge is 2.04. The Morgan fingerprint density at radius 1 is 1.25 bits per heavy atom. The van der Waals surface area contributed by atoms with E-state index < -0.39 is 11.8 Å². The van der Waals surface area contributed by atoms with Crippen molar-refractivity contribution in [3.63, 3.8) is 0 Å². The van der Waals surface area contributed by atoms with Gasteiger partial charge in [0.25, 0.3) is 0 Å². The Kier molecular flexibility index (Phi) is 4.53. The number of carbonyl (C=O) groups is 1. The minimum Gasteiger partial charge on any atom is -0.478 e. The first kappa shape index (κ1) is 14.3. The lowest BCUT2D eigenvalue weighted by Gasteiger charge is -2.08. The van der Waals surface area contributed by atoms with Gasteiger partial charge < -0.3 is 9.84 Å². The van der Waals surface area contributed by atoms with Gasteiger partial charge in [0.15, 0.2) is 0 Å². The molecule has 0 amide bonds. The molecule has 0 aliphatic rings. The van der Waals surface area contributed by atoms with Gasteiger partial charge in [-0.2, -0.15) is 0 Å². The van der Waals surface area contributed by atoms with Crippen molar-refractivity contribution >= 4 is 28.0 Å². The molecule has 2 rings (SSSR count). The lowest BCUT2D eigenvalue weighted by Crippen LogP contribution is -1.89. The third-order valence-electron chi connectivity index (χ3n) is 2.38. The van der Waals surface area contributed by atoms with Crippen molar-refractivity contribution in [2.45, 2.75) is 0 Å². The van der Waals surface area contributed by atoms with Crippen LogP contribution in [0.4, 0.5) is 4.39 Å². The Morgan fingerprint density at radius 3 is 2.70 bits per heavy atom. The molecule has 0 heterocycles. The molecule has 0 radical (unpaired) electrons. The van der Waals surface area contributed by atoms with Crippen molar-refractivity contribution in [3.05, 3.63) is 64.4 Å². The molecule has 0 fully saturated rings. The van der Waals surface area contributed by atoms with Gasteiger partial charge in [0, 0.05) is 12.1 Å². The number of rotatable bonds is 4. The Morgan fingerprint density at radius 2 is 2.00 bits per heavy atom. The first-order chi connectivity index (χ1) is 9.54. The van der Waals surface area contributed by atoms with E-state index in [9.17, 15) is 9.18 Å².